The van der Waals surface area contributed by atoms with Crippen LogP contribution < -0.4 is 0 Å². The topological polar surface area (TPSA) is 66.9 Å². The van der Waals surface area contributed by atoms with Crippen molar-refractivity contribution >= 4 is 27.5 Å². The van der Waals surface area contributed by atoms with Gasteiger partial charge in [-0.2, -0.15) is 4.31 Å². The van der Waals surface area contributed by atoms with Crippen molar-refractivity contribution in [2.75, 3.05) is 26.2 Å². The first-order chi connectivity index (χ1) is 15.7. The Morgan fingerprint density at radius 2 is 1.67 bits per heavy atom. The number of amides is 1. The van der Waals surface area contributed by atoms with E-state index >= 15 is 0 Å². The van der Waals surface area contributed by atoms with Crippen LogP contribution in [0.2, 0.25) is 5.02 Å². The monoisotopic (exact) mass is 490 g/mol. The standard InChI is InChI=1S/C25H31ClN2O4S/c1-18-16-28(17-19(2)32-18)33(30,31)24-15-22(8-9-23(24)26)25(29)27-12-10-21(11-13-27)14-20-6-4-3-5-7-20/h3-9,15,18-19,21H,10-14,16-17H2,1-2H3. The normalized spacial score (nSPS) is 22.9. The maximum atomic E-state index is 13.3. The first kappa shape index (κ1) is 24.2. The molecule has 4 rings (SSSR count). The van der Waals surface area contributed by atoms with E-state index in [1.165, 1.54) is 22.0 Å². The smallest absolute Gasteiger partial charge is 0.253 e. The van der Waals surface area contributed by atoms with Crippen molar-refractivity contribution in [3.05, 3.63) is 64.7 Å². The minimum atomic E-state index is -3.84. The van der Waals surface area contributed by atoms with E-state index in [4.69, 9.17) is 16.3 Å². The number of halogens is 1. The lowest BCUT2D eigenvalue weighted by Crippen LogP contribution is -2.48. The molecule has 2 fully saturated rings. The van der Waals surface area contributed by atoms with Crippen LogP contribution in [0.5, 0.6) is 0 Å². The highest BCUT2D eigenvalue weighted by Gasteiger charge is 2.34. The molecule has 6 nitrogen and oxygen atoms in total. The summed E-state index contributed by atoms with van der Waals surface area (Å²) in [6.07, 6.45) is 2.47. The van der Waals surface area contributed by atoms with E-state index in [2.05, 4.69) is 24.3 Å². The molecule has 2 unspecified atom stereocenters. The molecular formula is C25H31ClN2O4S. The summed E-state index contributed by atoms with van der Waals surface area (Å²) in [5, 5.41) is 0.125. The molecule has 2 saturated heterocycles. The summed E-state index contributed by atoms with van der Waals surface area (Å²) in [4.78, 5) is 15.0. The van der Waals surface area contributed by atoms with Crippen LogP contribution in [0.25, 0.3) is 0 Å². The molecule has 0 N–H and O–H groups in total. The summed E-state index contributed by atoms with van der Waals surface area (Å²) in [6.45, 7) is 5.55. The lowest BCUT2D eigenvalue weighted by atomic mass is 9.90. The van der Waals surface area contributed by atoms with Gasteiger partial charge in [-0.1, -0.05) is 41.9 Å². The molecule has 0 spiro atoms. The average Bonchev–Trinajstić information content (AvgIpc) is 2.79. The van der Waals surface area contributed by atoms with Gasteiger partial charge in [0.25, 0.3) is 5.91 Å². The largest absolute Gasteiger partial charge is 0.373 e. The molecule has 178 valence electrons. The molecule has 0 radical (unpaired) electrons. The van der Waals surface area contributed by atoms with Gasteiger partial charge in [0.05, 0.1) is 17.2 Å². The Morgan fingerprint density at radius 3 is 2.30 bits per heavy atom. The zero-order chi connectivity index (χ0) is 23.6. The van der Waals surface area contributed by atoms with Gasteiger partial charge < -0.3 is 9.64 Å². The van der Waals surface area contributed by atoms with Crippen LogP contribution in [-0.2, 0) is 21.2 Å². The van der Waals surface area contributed by atoms with Crippen LogP contribution in [0.15, 0.2) is 53.4 Å². The van der Waals surface area contributed by atoms with Crippen LogP contribution in [0.4, 0.5) is 0 Å². The van der Waals surface area contributed by atoms with Gasteiger partial charge in [0.1, 0.15) is 4.90 Å². The molecular weight excluding hydrogens is 460 g/mol. The second kappa shape index (κ2) is 10.1. The fourth-order valence-electron chi connectivity index (χ4n) is 4.77. The van der Waals surface area contributed by atoms with Crippen LogP contribution in [0.3, 0.4) is 0 Å². The predicted octanol–water partition coefficient (Wildman–Crippen LogP) is 4.23. The molecule has 0 aliphatic carbocycles. The van der Waals surface area contributed by atoms with E-state index in [0.717, 1.165) is 19.3 Å². The van der Waals surface area contributed by atoms with Gasteiger partial charge in [-0.25, -0.2) is 8.42 Å². The highest BCUT2D eigenvalue weighted by atomic mass is 35.5. The van der Waals surface area contributed by atoms with Gasteiger partial charge in [0, 0.05) is 31.7 Å². The Balaban J connectivity index is 1.46. The average molecular weight is 491 g/mol. The first-order valence-corrected chi connectivity index (χ1v) is 13.3. The number of rotatable bonds is 5. The molecule has 0 saturated carbocycles. The number of likely N-dealkylation sites (tertiary alicyclic amines) is 1. The fraction of sp³-hybridized carbons (Fsp3) is 0.480. The number of piperidine rings is 1. The zero-order valence-corrected chi connectivity index (χ0v) is 20.7. The van der Waals surface area contributed by atoms with E-state index < -0.39 is 10.0 Å². The fourth-order valence-corrected chi connectivity index (χ4v) is 6.86. The van der Waals surface area contributed by atoms with Crippen molar-refractivity contribution < 1.29 is 17.9 Å². The van der Waals surface area contributed by atoms with Crippen molar-refractivity contribution in [1.29, 1.82) is 0 Å². The van der Waals surface area contributed by atoms with Crippen LogP contribution in [0, 0.1) is 5.92 Å². The Bertz CT molecular complexity index is 1070. The van der Waals surface area contributed by atoms with E-state index in [-0.39, 0.29) is 41.1 Å². The van der Waals surface area contributed by atoms with Crippen molar-refractivity contribution in [1.82, 2.24) is 9.21 Å². The summed E-state index contributed by atoms with van der Waals surface area (Å²) in [5.74, 6) is 0.396. The van der Waals surface area contributed by atoms with Crippen LogP contribution in [-0.4, -0.2) is 61.9 Å². The van der Waals surface area contributed by atoms with Gasteiger partial charge in [-0.15, -0.1) is 0 Å². The van der Waals surface area contributed by atoms with Gasteiger partial charge in [0.15, 0.2) is 0 Å². The van der Waals surface area contributed by atoms with Crippen LogP contribution >= 0.6 is 11.6 Å². The predicted molar refractivity (Wildman–Crippen MR) is 129 cm³/mol. The van der Waals surface area contributed by atoms with E-state index in [1.807, 2.05) is 24.8 Å². The summed E-state index contributed by atoms with van der Waals surface area (Å²) < 4.78 is 33.7. The molecule has 33 heavy (non-hydrogen) atoms. The third kappa shape index (κ3) is 5.60. The molecule has 1 amide bonds. The van der Waals surface area contributed by atoms with Crippen molar-refractivity contribution in [2.24, 2.45) is 5.92 Å². The number of ether oxygens (including phenoxy) is 1. The second-order valence-electron chi connectivity index (χ2n) is 9.15. The molecule has 2 atom stereocenters. The Kier molecular flexibility index (Phi) is 7.43. The molecule has 2 aliphatic rings. The van der Waals surface area contributed by atoms with E-state index in [1.54, 1.807) is 6.07 Å². The van der Waals surface area contributed by atoms with E-state index in [0.29, 0.717) is 24.6 Å². The lowest BCUT2D eigenvalue weighted by Gasteiger charge is -2.34. The Hall–Kier alpha value is -1.93. The Morgan fingerprint density at radius 1 is 1.03 bits per heavy atom. The number of hydrogen-bond acceptors (Lipinski definition) is 4. The molecule has 0 bridgehead atoms. The molecule has 2 heterocycles. The summed E-state index contributed by atoms with van der Waals surface area (Å²) >= 11 is 6.30. The third-order valence-electron chi connectivity index (χ3n) is 6.45. The number of carbonyl (C=O) groups is 1. The number of benzene rings is 2. The summed E-state index contributed by atoms with van der Waals surface area (Å²) in [7, 11) is -3.84. The number of morpholine rings is 1. The maximum Gasteiger partial charge on any atom is 0.253 e. The van der Waals surface area contributed by atoms with Gasteiger partial charge >= 0.3 is 0 Å². The van der Waals surface area contributed by atoms with Crippen LogP contribution in [0.1, 0.15) is 42.6 Å². The summed E-state index contributed by atoms with van der Waals surface area (Å²) in [5.41, 5.74) is 1.68. The van der Waals surface area contributed by atoms with Gasteiger partial charge in [-0.05, 0) is 62.8 Å². The van der Waals surface area contributed by atoms with Crippen molar-refractivity contribution in [3.8, 4) is 0 Å². The number of hydrogen-bond donors (Lipinski definition) is 0. The van der Waals surface area contributed by atoms with Crippen molar-refractivity contribution in [3.63, 3.8) is 0 Å². The third-order valence-corrected chi connectivity index (χ3v) is 8.76. The number of sulfonamides is 1. The van der Waals surface area contributed by atoms with Gasteiger partial charge in [0.2, 0.25) is 10.0 Å². The minimum Gasteiger partial charge on any atom is -0.373 e. The maximum absolute atomic E-state index is 13.3. The minimum absolute atomic E-state index is 0.0183. The molecule has 8 heteroatoms. The quantitative estimate of drug-likeness (QED) is 0.629. The highest BCUT2D eigenvalue weighted by molar-refractivity contribution is 7.89. The van der Waals surface area contributed by atoms with E-state index in [9.17, 15) is 13.2 Å². The number of carbonyl (C=O) groups excluding carboxylic acids is 1. The summed E-state index contributed by atoms with van der Waals surface area (Å²) in [6, 6.07) is 15.0. The molecule has 2 aromatic carbocycles. The Labute approximate surface area is 201 Å². The van der Waals surface area contributed by atoms with Gasteiger partial charge in [-0.3, -0.25) is 4.79 Å². The molecule has 0 aromatic heterocycles. The number of nitrogens with zero attached hydrogens (tertiary/aromatic N) is 2. The lowest BCUT2D eigenvalue weighted by molar-refractivity contribution is -0.0440. The molecule has 2 aliphatic heterocycles. The highest BCUT2D eigenvalue weighted by Crippen LogP contribution is 2.29. The van der Waals surface area contributed by atoms with Crippen molar-refractivity contribution in [2.45, 2.75) is 50.2 Å². The SMILES string of the molecule is CC1CN(S(=O)(=O)c2cc(C(=O)N3CCC(Cc4ccccc4)CC3)ccc2Cl)CC(C)O1. The first-order valence-electron chi connectivity index (χ1n) is 11.5. The molecule has 2 aromatic rings. The zero-order valence-electron chi connectivity index (χ0n) is 19.1. The second-order valence-corrected chi connectivity index (χ2v) is 11.5.